The van der Waals surface area contributed by atoms with Crippen LogP contribution in [0.4, 0.5) is 0 Å². The highest BCUT2D eigenvalue weighted by Gasteiger charge is 2.05. The van der Waals surface area contributed by atoms with Gasteiger partial charge in [0.25, 0.3) is 0 Å². The minimum Gasteiger partial charge on any atom is -0.329 e. The fraction of sp³-hybridized carbons (Fsp3) is 0.500. The summed E-state index contributed by atoms with van der Waals surface area (Å²) in [6.07, 6.45) is 2.96. The molecule has 0 saturated heterocycles. The number of nitrogens with zero attached hydrogens (tertiary/aromatic N) is 3. The summed E-state index contributed by atoms with van der Waals surface area (Å²) < 4.78 is 2.84. The highest BCUT2D eigenvalue weighted by molar-refractivity contribution is 7.71. The van der Waals surface area contributed by atoms with E-state index < -0.39 is 0 Å². The van der Waals surface area contributed by atoms with Crippen LogP contribution >= 0.6 is 12.2 Å². The van der Waals surface area contributed by atoms with E-state index in [-0.39, 0.29) is 0 Å². The predicted octanol–water partition coefficient (Wildman–Crippen LogP) is 2.35. The number of hydrogen-bond donors (Lipinski definition) is 1. The van der Waals surface area contributed by atoms with Crippen LogP contribution in [-0.2, 0) is 6.54 Å². The van der Waals surface area contributed by atoms with Gasteiger partial charge in [-0.3, -0.25) is 0 Å². The molecular formula is C12H18N4S. The Morgan fingerprint density at radius 3 is 2.94 bits per heavy atom. The fourth-order valence-electron chi connectivity index (χ4n) is 1.90. The molecule has 0 aliphatic heterocycles. The predicted molar refractivity (Wildman–Crippen MR) is 72.8 cm³/mol. The van der Waals surface area contributed by atoms with Crippen molar-refractivity contribution in [2.75, 3.05) is 20.6 Å². The molecule has 0 bridgehead atoms. The number of H-pyrrole nitrogens is 1. The zero-order valence-corrected chi connectivity index (χ0v) is 11.3. The summed E-state index contributed by atoms with van der Waals surface area (Å²) in [5.74, 6) is 0. The van der Waals surface area contributed by atoms with Gasteiger partial charge >= 0.3 is 0 Å². The van der Waals surface area contributed by atoms with Gasteiger partial charge in [0, 0.05) is 12.7 Å². The van der Waals surface area contributed by atoms with Crippen LogP contribution in [0.25, 0.3) is 11.2 Å². The summed E-state index contributed by atoms with van der Waals surface area (Å²) in [6, 6.07) is 2.08. The number of aromatic nitrogens is 3. The van der Waals surface area contributed by atoms with Crippen LogP contribution in [0, 0.1) is 11.7 Å². The molecule has 0 fully saturated rings. The Labute approximate surface area is 106 Å². The topological polar surface area (TPSA) is 36.9 Å². The van der Waals surface area contributed by atoms with E-state index in [0.717, 1.165) is 41.0 Å². The Morgan fingerprint density at radius 2 is 2.24 bits per heavy atom. The van der Waals surface area contributed by atoms with E-state index in [0.29, 0.717) is 0 Å². The molecule has 2 aromatic heterocycles. The molecule has 4 nitrogen and oxygen atoms in total. The van der Waals surface area contributed by atoms with Crippen molar-refractivity contribution < 1.29 is 0 Å². The minimum absolute atomic E-state index is 0.761. The van der Waals surface area contributed by atoms with Gasteiger partial charge in [-0.2, -0.15) is 0 Å². The number of rotatable bonds is 4. The van der Waals surface area contributed by atoms with E-state index in [1.165, 1.54) is 0 Å². The number of aryl methyl sites for hydroxylation is 2. The highest BCUT2D eigenvalue weighted by atomic mass is 32.1. The second-order valence-electron chi connectivity index (χ2n) is 4.62. The molecule has 0 unspecified atom stereocenters. The number of fused-ring (bicyclic) bond motifs is 1. The van der Waals surface area contributed by atoms with Crippen molar-refractivity contribution in [1.82, 2.24) is 19.4 Å². The first-order valence-corrected chi connectivity index (χ1v) is 6.18. The Kier molecular flexibility index (Phi) is 3.59. The van der Waals surface area contributed by atoms with Crippen molar-refractivity contribution >= 4 is 23.4 Å². The van der Waals surface area contributed by atoms with Crippen molar-refractivity contribution in [3.05, 3.63) is 22.6 Å². The van der Waals surface area contributed by atoms with E-state index >= 15 is 0 Å². The molecule has 0 amide bonds. The lowest BCUT2D eigenvalue weighted by Gasteiger charge is -2.09. The molecule has 0 aliphatic rings. The summed E-state index contributed by atoms with van der Waals surface area (Å²) in [4.78, 5) is 9.84. The maximum absolute atomic E-state index is 5.33. The molecule has 0 radical (unpaired) electrons. The maximum atomic E-state index is 5.33. The maximum Gasteiger partial charge on any atom is 0.179 e. The molecule has 2 heterocycles. The van der Waals surface area contributed by atoms with E-state index in [1.54, 1.807) is 0 Å². The highest BCUT2D eigenvalue weighted by Crippen LogP contribution is 2.13. The first-order chi connectivity index (χ1) is 8.08. The number of aromatic amines is 1. The molecule has 1 N–H and O–H groups in total. The molecule has 17 heavy (non-hydrogen) atoms. The Bertz CT molecular complexity index is 567. The molecule has 2 aromatic rings. The number of hydrogen-bond acceptors (Lipinski definition) is 3. The standard InChI is InChI=1S/C12H18N4S/c1-9-7-10-11(13-8-9)16(12(17)14-10)6-4-5-15(2)3/h7-8H,4-6H2,1-3H3,(H,14,17). The summed E-state index contributed by atoms with van der Waals surface area (Å²) in [7, 11) is 4.16. The van der Waals surface area contributed by atoms with Gasteiger partial charge in [-0.05, 0) is 57.8 Å². The van der Waals surface area contributed by atoms with Gasteiger partial charge in [0.15, 0.2) is 10.4 Å². The van der Waals surface area contributed by atoms with Crippen molar-refractivity contribution in [2.24, 2.45) is 0 Å². The molecule has 5 heteroatoms. The van der Waals surface area contributed by atoms with Crippen molar-refractivity contribution in [1.29, 1.82) is 0 Å². The van der Waals surface area contributed by atoms with E-state index in [1.807, 2.05) is 13.1 Å². The minimum atomic E-state index is 0.761. The van der Waals surface area contributed by atoms with Crippen LogP contribution in [-0.4, -0.2) is 40.1 Å². The average Bonchev–Trinajstić information content (AvgIpc) is 2.54. The van der Waals surface area contributed by atoms with Crippen LogP contribution < -0.4 is 0 Å². The molecule has 92 valence electrons. The third-order valence-corrected chi connectivity index (χ3v) is 3.06. The van der Waals surface area contributed by atoms with Gasteiger partial charge < -0.3 is 14.5 Å². The quantitative estimate of drug-likeness (QED) is 0.846. The monoisotopic (exact) mass is 250 g/mol. The van der Waals surface area contributed by atoms with Crippen LogP contribution in [0.15, 0.2) is 12.3 Å². The van der Waals surface area contributed by atoms with Gasteiger partial charge in [0.05, 0.1) is 5.52 Å². The van der Waals surface area contributed by atoms with Crippen LogP contribution in [0.2, 0.25) is 0 Å². The summed E-state index contributed by atoms with van der Waals surface area (Å²) in [5, 5.41) is 0. The number of pyridine rings is 1. The largest absolute Gasteiger partial charge is 0.329 e. The van der Waals surface area contributed by atoms with E-state index in [2.05, 4.69) is 39.6 Å². The Balaban J connectivity index is 2.27. The SMILES string of the molecule is Cc1cnc2c(c1)[nH]c(=S)n2CCCN(C)C. The normalized spacial score (nSPS) is 11.5. The van der Waals surface area contributed by atoms with Crippen LogP contribution in [0.1, 0.15) is 12.0 Å². The molecular weight excluding hydrogens is 232 g/mol. The van der Waals surface area contributed by atoms with Crippen molar-refractivity contribution in [2.45, 2.75) is 19.9 Å². The van der Waals surface area contributed by atoms with Crippen LogP contribution in [0.5, 0.6) is 0 Å². The zero-order chi connectivity index (χ0) is 12.4. The van der Waals surface area contributed by atoms with Gasteiger partial charge in [-0.1, -0.05) is 0 Å². The Morgan fingerprint density at radius 1 is 1.47 bits per heavy atom. The van der Waals surface area contributed by atoms with Gasteiger partial charge in [-0.15, -0.1) is 0 Å². The molecule has 0 atom stereocenters. The van der Waals surface area contributed by atoms with E-state index in [4.69, 9.17) is 12.2 Å². The molecule has 0 aromatic carbocycles. The van der Waals surface area contributed by atoms with Crippen molar-refractivity contribution in [3.63, 3.8) is 0 Å². The molecule has 0 aliphatic carbocycles. The molecule has 0 saturated carbocycles. The number of imidazole rings is 1. The lowest BCUT2D eigenvalue weighted by atomic mass is 10.3. The molecule has 0 spiro atoms. The molecule has 2 rings (SSSR count). The lowest BCUT2D eigenvalue weighted by Crippen LogP contribution is -2.15. The second kappa shape index (κ2) is 4.98. The van der Waals surface area contributed by atoms with Gasteiger partial charge in [0.1, 0.15) is 0 Å². The third-order valence-electron chi connectivity index (χ3n) is 2.73. The summed E-state index contributed by atoms with van der Waals surface area (Å²) >= 11 is 5.33. The lowest BCUT2D eigenvalue weighted by molar-refractivity contribution is 0.387. The summed E-state index contributed by atoms with van der Waals surface area (Å²) in [6.45, 7) is 4.00. The van der Waals surface area contributed by atoms with E-state index in [9.17, 15) is 0 Å². The number of nitrogens with one attached hydrogen (secondary N) is 1. The van der Waals surface area contributed by atoms with Gasteiger partial charge in [0.2, 0.25) is 0 Å². The van der Waals surface area contributed by atoms with Gasteiger partial charge in [-0.25, -0.2) is 4.98 Å². The van der Waals surface area contributed by atoms with Crippen LogP contribution in [0.3, 0.4) is 0 Å². The third kappa shape index (κ3) is 2.73. The summed E-state index contributed by atoms with van der Waals surface area (Å²) in [5.41, 5.74) is 3.13. The zero-order valence-electron chi connectivity index (χ0n) is 10.5. The Hall–Kier alpha value is -1.20. The first-order valence-electron chi connectivity index (χ1n) is 5.78. The fourth-order valence-corrected chi connectivity index (χ4v) is 2.19. The first kappa shape index (κ1) is 12.3. The average molecular weight is 250 g/mol. The smallest absolute Gasteiger partial charge is 0.179 e. The van der Waals surface area contributed by atoms with Crippen molar-refractivity contribution in [3.8, 4) is 0 Å². The second-order valence-corrected chi connectivity index (χ2v) is 5.01.